The summed E-state index contributed by atoms with van der Waals surface area (Å²) >= 11 is 4.40. The van der Waals surface area contributed by atoms with Gasteiger partial charge in [0, 0.05) is 0 Å². The number of thiazole rings is 1. The molecule has 16 heavy (non-hydrogen) atoms. The molecule has 4 nitrogen and oxygen atoms in total. The number of aromatic nitrogens is 1. The number of fused-ring (bicyclic) bond motifs is 1. The summed E-state index contributed by atoms with van der Waals surface area (Å²) < 4.78 is 29.7. The summed E-state index contributed by atoms with van der Waals surface area (Å²) in [7, 11) is -0.466. The van der Waals surface area contributed by atoms with Crippen LogP contribution in [0, 0.1) is 11.6 Å². The summed E-state index contributed by atoms with van der Waals surface area (Å²) in [5, 5.41) is 0.297. The fraction of sp³-hybridized carbons (Fsp3) is 0. The van der Waals surface area contributed by atoms with Crippen LogP contribution in [0.5, 0.6) is 5.75 Å². The predicted octanol–water partition coefficient (Wildman–Crippen LogP) is 3.37. The summed E-state index contributed by atoms with van der Waals surface area (Å²) in [5.41, 5.74) is 5.81. The van der Waals surface area contributed by atoms with E-state index in [1.807, 2.05) is 5.81 Å². The SMILES string of the molecule is Nc1nc2c(OC#P=O)c(F)cc(Br)c2s1. The second kappa shape index (κ2) is 4.55. The summed E-state index contributed by atoms with van der Waals surface area (Å²) in [5.74, 6) is 1.26. The number of rotatable bonds is 1. The molecular formula is C8H3BrFN2O2PS. The van der Waals surface area contributed by atoms with E-state index >= 15 is 0 Å². The minimum absolute atomic E-state index is 0.130. The zero-order valence-electron chi connectivity index (χ0n) is 7.53. The van der Waals surface area contributed by atoms with Crippen LogP contribution in [0.4, 0.5) is 9.52 Å². The van der Waals surface area contributed by atoms with Gasteiger partial charge in [-0.3, -0.25) is 0 Å². The van der Waals surface area contributed by atoms with E-state index in [0.717, 1.165) is 0 Å². The van der Waals surface area contributed by atoms with Crippen molar-refractivity contribution in [2.45, 2.75) is 0 Å². The second-order valence-corrected chi connectivity index (χ2v) is 4.93. The molecule has 0 atom stereocenters. The van der Waals surface area contributed by atoms with Crippen molar-refractivity contribution in [2.24, 2.45) is 0 Å². The molecular weight excluding hydrogens is 318 g/mol. The van der Waals surface area contributed by atoms with Crippen LogP contribution in [-0.2, 0) is 4.57 Å². The average molecular weight is 321 g/mol. The van der Waals surface area contributed by atoms with E-state index in [-0.39, 0.29) is 11.3 Å². The Balaban J connectivity index is 2.78. The van der Waals surface area contributed by atoms with Gasteiger partial charge in [-0.2, -0.15) is 0 Å². The predicted molar refractivity (Wildman–Crippen MR) is 63.8 cm³/mol. The van der Waals surface area contributed by atoms with Gasteiger partial charge < -0.3 is 0 Å². The molecule has 0 aliphatic heterocycles. The Labute approximate surface area is 103 Å². The third kappa shape index (κ3) is 1.99. The van der Waals surface area contributed by atoms with Crippen LogP contribution >= 0.6 is 35.2 Å². The van der Waals surface area contributed by atoms with Crippen LogP contribution in [0.15, 0.2) is 10.5 Å². The van der Waals surface area contributed by atoms with Gasteiger partial charge in [-0.25, -0.2) is 0 Å². The van der Waals surface area contributed by atoms with Gasteiger partial charge in [0.05, 0.1) is 0 Å². The van der Waals surface area contributed by atoms with Crippen molar-refractivity contribution < 1.29 is 13.7 Å². The zero-order valence-corrected chi connectivity index (χ0v) is 10.8. The summed E-state index contributed by atoms with van der Waals surface area (Å²) in [6, 6.07) is 1.23. The Bertz CT molecular complexity index is 669. The normalized spacial score (nSPS) is 10.1. The molecule has 2 rings (SSSR count). The van der Waals surface area contributed by atoms with Crippen molar-refractivity contribution >= 4 is 50.5 Å². The summed E-state index contributed by atoms with van der Waals surface area (Å²) in [6.45, 7) is 0. The fourth-order valence-electron chi connectivity index (χ4n) is 1.17. The molecule has 0 saturated carbocycles. The van der Waals surface area contributed by atoms with E-state index in [2.05, 4.69) is 20.9 Å². The number of benzene rings is 1. The molecule has 0 aliphatic rings. The quantitative estimate of drug-likeness (QED) is 0.818. The van der Waals surface area contributed by atoms with Crippen molar-refractivity contribution in [3.8, 4) is 11.6 Å². The minimum atomic E-state index is -0.624. The number of nitrogens with two attached hydrogens (primary N) is 1. The molecule has 1 aromatic heterocycles. The molecule has 0 amide bonds. The van der Waals surface area contributed by atoms with Gasteiger partial charge in [-0.05, 0) is 0 Å². The van der Waals surface area contributed by atoms with E-state index in [1.54, 1.807) is 0 Å². The maximum atomic E-state index is 13.5. The molecule has 0 aliphatic carbocycles. The standard InChI is InChI=1S/C8H3BrFN2O2PS/c9-3-1-4(10)6(14-2-15-13)5-7(3)16-8(11)12-5/h1H,(H2,11,12). The number of halogens is 2. The Morgan fingerprint density at radius 3 is 3.12 bits per heavy atom. The third-order valence-electron chi connectivity index (χ3n) is 1.73. The topological polar surface area (TPSA) is 65.2 Å². The second-order valence-electron chi connectivity index (χ2n) is 2.68. The van der Waals surface area contributed by atoms with Gasteiger partial charge in [0.15, 0.2) is 0 Å². The number of hydrogen-bond donors (Lipinski definition) is 1. The van der Waals surface area contributed by atoms with Crippen molar-refractivity contribution in [1.82, 2.24) is 4.98 Å². The van der Waals surface area contributed by atoms with Crippen LogP contribution in [0.2, 0.25) is 0 Å². The molecule has 0 fully saturated rings. The number of ether oxygens (including phenoxy) is 1. The Hall–Kier alpha value is -0.870. The van der Waals surface area contributed by atoms with Gasteiger partial charge in [0.2, 0.25) is 0 Å². The zero-order chi connectivity index (χ0) is 11.7. The first-order valence-corrected chi connectivity index (χ1v) is 6.34. The number of nitrogen functional groups attached to an aromatic ring is 1. The van der Waals surface area contributed by atoms with Gasteiger partial charge in [0.25, 0.3) is 0 Å². The molecule has 1 aromatic carbocycles. The molecule has 2 aromatic rings. The van der Waals surface area contributed by atoms with Crippen LogP contribution < -0.4 is 10.5 Å². The first-order valence-electron chi connectivity index (χ1n) is 3.91. The first kappa shape index (κ1) is 11.6. The molecule has 0 saturated heterocycles. The van der Waals surface area contributed by atoms with Gasteiger partial charge in [-0.1, -0.05) is 0 Å². The fourth-order valence-corrected chi connectivity index (χ4v) is 2.67. The van der Waals surface area contributed by atoms with Crippen molar-refractivity contribution in [2.75, 3.05) is 5.73 Å². The van der Waals surface area contributed by atoms with Gasteiger partial charge in [-0.15, -0.1) is 0 Å². The van der Waals surface area contributed by atoms with Crippen LogP contribution in [-0.4, -0.2) is 4.98 Å². The molecule has 8 heteroatoms. The molecule has 2 N–H and O–H groups in total. The van der Waals surface area contributed by atoms with Crippen molar-refractivity contribution in [1.29, 1.82) is 0 Å². The molecule has 82 valence electrons. The van der Waals surface area contributed by atoms with E-state index in [1.165, 1.54) is 17.4 Å². The molecule has 0 unspecified atom stereocenters. The third-order valence-corrected chi connectivity index (χ3v) is 3.70. The van der Waals surface area contributed by atoms with Crippen LogP contribution in [0.3, 0.4) is 0 Å². The Kier molecular flexibility index (Phi) is 3.30. The van der Waals surface area contributed by atoms with Crippen LogP contribution in [0.25, 0.3) is 10.2 Å². The van der Waals surface area contributed by atoms with E-state index < -0.39 is 13.7 Å². The Morgan fingerprint density at radius 1 is 1.69 bits per heavy atom. The van der Waals surface area contributed by atoms with E-state index in [0.29, 0.717) is 14.3 Å². The van der Waals surface area contributed by atoms with E-state index in [4.69, 9.17) is 10.5 Å². The maximum absolute atomic E-state index is 13.5. The molecule has 1 heterocycles. The first-order chi connectivity index (χ1) is 7.63. The average Bonchev–Trinajstić information content (AvgIpc) is 2.60. The molecule has 0 bridgehead atoms. The Morgan fingerprint density at radius 2 is 2.44 bits per heavy atom. The number of hydrogen-bond acceptors (Lipinski definition) is 5. The molecule has 0 radical (unpaired) electrons. The summed E-state index contributed by atoms with van der Waals surface area (Å²) in [4.78, 5) is 3.94. The van der Waals surface area contributed by atoms with Gasteiger partial charge >= 0.3 is 103 Å². The monoisotopic (exact) mass is 320 g/mol. The van der Waals surface area contributed by atoms with Crippen LogP contribution in [0.1, 0.15) is 0 Å². The number of anilines is 1. The number of nitrogens with zero attached hydrogens (tertiary/aromatic N) is 1. The van der Waals surface area contributed by atoms with Crippen molar-refractivity contribution in [3.05, 3.63) is 16.4 Å². The summed E-state index contributed by atoms with van der Waals surface area (Å²) in [6.07, 6.45) is 0. The van der Waals surface area contributed by atoms with Crippen molar-refractivity contribution in [3.63, 3.8) is 0 Å². The van der Waals surface area contributed by atoms with E-state index in [9.17, 15) is 8.96 Å². The van der Waals surface area contributed by atoms with Gasteiger partial charge in [0.1, 0.15) is 0 Å². The molecule has 0 spiro atoms.